The minimum absolute atomic E-state index is 0.0557. The Bertz CT molecular complexity index is 1500. The van der Waals surface area contributed by atoms with Gasteiger partial charge in [0.05, 0.1) is 6.20 Å². The normalized spacial score (nSPS) is 13.4. The number of carboxylic acids is 1. The summed E-state index contributed by atoms with van der Waals surface area (Å²) in [5, 5.41) is 24.4. The second kappa shape index (κ2) is 12.3. The highest BCUT2D eigenvalue weighted by Crippen LogP contribution is 2.44. The van der Waals surface area contributed by atoms with Gasteiger partial charge in [0.25, 0.3) is 0 Å². The molecule has 5 rings (SSSR count). The predicted octanol–water partition coefficient (Wildman–Crippen LogP) is 4.05. The molecule has 0 saturated carbocycles. The van der Waals surface area contributed by atoms with E-state index in [9.17, 15) is 24.6 Å². The number of nitrogens with one attached hydrogen (secondary N) is 2. The largest absolute Gasteiger partial charge is 0.506 e. The van der Waals surface area contributed by atoms with Crippen molar-refractivity contribution in [2.24, 2.45) is 0 Å². The van der Waals surface area contributed by atoms with Crippen molar-refractivity contribution >= 4 is 18.0 Å². The summed E-state index contributed by atoms with van der Waals surface area (Å²) < 4.78 is 5.64. The van der Waals surface area contributed by atoms with Gasteiger partial charge in [0.1, 0.15) is 24.4 Å². The van der Waals surface area contributed by atoms with Gasteiger partial charge in [-0.1, -0.05) is 78.9 Å². The van der Waals surface area contributed by atoms with E-state index >= 15 is 0 Å². The Morgan fingerprint density at radius 2 is 1.41 bits per heavy atom. The van der Waals surface area contributed by atoms with Crippen LogP contribution in [0.3, 0.4) is 0 Å². The maximum absolute atomic E-state index is 13.3. The molecule has 9 heteroatoms. The number of aromatic nitrogens is 1. The van der Waals surface area contributed by atoms with E-state index in [2.05, 4.69) is 15.6 Å². The number of aliphatic carboxylic acids is 1. The third-order valence-corrected chi connectivity index (χ3v) is 7.07. The molecule has 3 aromatic carbocycles. The second-order valence-electron chi connectivity index (χ2n) is 9.82. The van der Waals surface area contributed by atoms with Crippen molar-refractivity contribution < 1.29 is 29.3 Å². The second-order valence-corrected chi connectivity index (χ2v) is 9.82. The first-order valence-corrected chi connectivity index (χ1v) is 13.2. The Morgan fingerprint density at radius 1 is 0.780 bits per heavy atom. The molecular formula is C32H29N3O6. The number of pyridine rings is 1. The van der Waals surface area contributed by atoms with Gasteiger partial charge in [-0.25, -0.2) is 9.59 Å². The lowest BCUT2D eigenvalue weighted by atomic mass is 9.98. The van der Waals surface area contributed by atoms with E-state index in [1.165, 1.54) is 18.3 Å². The first-order chi connectivity index (χ1) is 19.9. The summed E-state index contributed by atoms with van der Waals surface area (Å²) in [5.74, 6) is -2.13. The van der Waals surface area contributed by atoms with Crippen LogP contribution in [0.15, 0.2) is 97.2 Å². The third-order valence-electron chi connectivity index (χ3n) is 7.07. The van der Waals surface area contributed by atoms with Crippen molar-refractivity contribution in [2.75, 3.05) is 6.61 Å². The number of hydrogen-bond donors (Lipinski definition) is 4. The zero-order chi connectivity index (χ0) is 28.8. The number of amides is 2. The summed E-state index contributed by atoms with van der Waals surface area (Å²) in [4.78, 5) is 42.3. The predicted molar refractivity (Wildman–Crippen MR) is 151 cm³/mol. The number of aromatic hydroxyl groups is 1. The Labute approximate surface area is 236 Å². The van der Waals surface area contributed by atoms with Crippen LogP contribution in [0.4, 0.5) is 4.79 Å². The summed E-state index contributed by atoms with van der Waals surface area (Å²) in [7, 11) is 0. The number of rotatable bonds is 10. The summed E-state index contributed by atoms with van der Waals surface area (Å²) in [5.41, 5.74) is 5.47. The van der Waals surface area contributed by atoms with E-state index in [1.807, 2.05) is 78.9 Å². The topological polar surface area (TPSA) is 138 Å². The maximum Gasteiger partial charge on any atom is 0.407 e. The Balaban J connectivity index is 1.28. The van der Waals surface area contributed by atoms with Crippen LogP contribution in [0.2, 0.25) is 0 Å². The van der Waals surface area contributed by atoms with Gasteiger partial charge in [0, 0.05) is 24.5 Å². The Kier molecular flexibility index (Phi) is 8.24. The van der Waals surface area contributed by atoms with Crippen molar-refractivity contribution in [3.8, 4) is 16.9 Å². The van der Waals surface area contributed by atoms with Crippen molar-refractivity contribution in [3.63, 3.8) is 0 Å². The number of benzene rings is 3. The molecule has 0 spiro atoms. The van der Waals surface area contributed by atoms with E-state index in [-0.39, 0.29) is 31.1 Å². The van der Waals surface area contributed by atoms with Gasteiger partial charge >= 0.3 is 12.1 Å². The molecule has 1 aromatic heterocycles. The van der Waals surface area contributed by atoms with Crippen molar-refractivity contribution in [3.05, 3.63) is 120 Å². The molecule has 0 bridgehead atoms. The summed E-state index contributed by atoms with van der Waals surface area (Å²) in [6.45, 7) is 0.0732. The molecule has 2 amide bonds. The van der Waals surface area contributed by atoms with E-state index < -0.39 is 30.1 Å². The number of alkyl carbamates (subject to hydrolysis) is 1. The molecule has 0 saturated heterocycles. The van der Waals surface area contributed by atoms with Crippen molar-refractivity contribution in [2.45, 2.75) is 30.8 Å². The highest BCUT2D eigenvalue weighted by atomic mass is 16.5. The maximum atomic E-state index is 13.3. The molecule has 2 atom stereocenters. The van der Waals surface area contributed by atoms with Crippen LogP contribution in [0, 0.1) is 0 Å². The van der Waals surface area contributed by atoms with Gasteiger partial charge < -0.3 is 25.6 Å². The third kappa shape index (κ3) is 6.52. The number of hydrogen-bond acceptors (Lipinski definition) is 6. The molecule has 0 radical (unpaired) electrons. The smallest absolute Gasteiger partial charge is 0.407 e. The van der Waals surface area contributed by atoms with Gasteiger partial charge in [-0.05, 0) is 39.9 Å². The number of carbonyl (C=O) groups is 3. The molecule has 9 nitrogen and oxygen atoms in total. The van der Waals surface area contributed by atoms with E-state index in [1.54, 1.807) is 0 Å². The molecule has 208 valence electrons. The van der Waals surface area contributed by atoms with Gasteiger partial charge in [0.2, 0.25) is 5.91 Å². The van der Waals surface area contributed by atoms with E-state index in [0.29, 0.717) is 5.69 Å². The van der Waals surface area contributed by atoms with E-state index in [4.69, 9.17) is 4.74 Å². The van der Waals surface area contributed by atoms with Crippen LogP contribution < -0.4 is 10.6 Å². The fraction of sp³-hybridized carbons (Fsp3) is 0.188. The number of carbonyl (C=O) groups excluding carboxylic acids is 2. The molecule has 1 aliphatic carbocycles. The summed E-state index contributed by atoms with van der Waals surface area (Å²) in [6.07, 6.45) is 0.438. The average molecular weight is 552 g/mol. The minimum Gasteiger partial charge on any atom is -0.506 e. The lowest BCUT2D eigenvalue weighted by molar-refractivity contribution is -0.142. The first-order valence-electron chi connectivity index (χ1n) is 13.2. The lowest BCUT2D eigenvalue weighted by Gasteiger charge is -2.22. The van der Waals surface area contributed by atoms with Crippen LogP contribution in [-0.4, -0.2) is 51.9 Å². The summed E-state index contributed by atoms with van der Waals surface area (Å²) >= 11 is 0. The van der Waals surface area contributed by atoms with Crippen LogP contribution in [0.5, 0.6) is 5.75 Å². The van der Waals surface area contributed by atoms with Gasteiger partial charge in [-0.3, -0.25) is 9.78 Å². The molecule has 1 heterocycles. The number of ether oxygens (including phenoxy) is 1. The first kappa shape index (κ1) is 27.4. The molecule has 4 N–H and O–H groups in total. The zero-order valence-corrected chi connectivity index (χ0v) is 22.1. The van der Waals surface area contributed by atoms with Gasteiger partial charge in [-0.15, -0.1) is 0 Å². The Morgan fingerprint density at radius 3 is 2.02 bits per heavy atom. The molecular weight excluding hydrogens is 522 g/mol. The highest BCUT2D eigenvalue weighted by Gasteiger charge is 2.31. The van der Waals surface area contributed by atoms with Crippen molar-refractivity contribution in [1.82, 2.24) is 15.6 Å². The molecule has 0 fully saturated rings. The number of fused-ring (bicyclic) bond motifs is 3. The molecule has 1 aliphatic rings. The standard InChI is InChI=1S/C32H29N3O6/c36-22-15-14-21(33-18-22)17-29(31(38)39)34-30(37)28(16-20-8-2-1-3-9-20)35-32(40)41-19-27-25-12-6-4-10-23(25)24-11-5-7-13-26(24)27/h1-15,18,27-29,36H,16-17,19H2,(H,34,37)(H,35,40)(H,38,39)/t28-,29-/m0/s1. The van der Waals surface area contributed by atoms with Crippen LogP contribution in [0.1, 0.15) is 28.3 Å². The molecule has 4 aromatic rings. The fourth-order valence-corrected chi connectivity index (χ4v) is 5.06. The quantitative estimate of drug-likeness (QED) is 0.233. The zero-order valence-electron chi connectivity index (χ0n) is 22.1. The van der Waals surface area contributed by atoms with Gasteiger partial charge in [-0.2, -0.15) is 0 Å². The molecule has 0 unspecified atom stereocenters. The minimum atomic E-state index is -1.30. The average Bonchev–Trinajstić information content (AvgIpc) is 3.30. The van der Waals surface area contributed by atoms with Crippen LogP contribution >= 0.6 is 0 Å². The number of carboxylic acid groups (broad SMARTS) is 1. The molecule has 41 heavy (non-hydrogen) atoms. The molecule has 0 aliphatic heterocycles. The summed E-state index contributed by atoms with van der Waals surface area (Å²) in [6, 6.07) is 25.5. The van der Waals surface area contributed by atoms with Crippen LogP contribution in [0.25, 0.3) is 11.1 Å². The van der Waals surface area contributed by atoms with E-state index in [0.717, 1.165) is 27.8 Å². The number of nitrogens with zero attached hydrogens (tertiary/aromatic N) is 1. The fourth-order valence-electron chi connectivity index (χ4n) is 5.06. The van der Waals surface area contributed by atoms with Crippen LogP contribution in [-0.2, 0) is 27.2 Å². The SMILES string of the molecule is O=C(N[C@@H](Cc1ccccc1)C(=O)N[C@@H](Cc1ccc(O)cn1)C(=O)O)OCC1c2ccccc2-c2ccccc21. The highest BCUT2D eigenvalue weighted by molar-refractivity contribution is 5.89. The van der Waals surface area contributed by atoms with Gasteiger partial charge in [0.15, 0.2) is 0 Å². The Hall–Kier alpha value is -5.18. The lowest BCUT2D eigenvalue weighted by Crippen LogP contribution is -2.53. The monoisotopic (exact) mass is 551 g/mol. The van der Waals surface area contributed by atoms with Crippen molar-refractivity contribution in [1.29, 1.82) is 0 Å².